The Bertz CT molecular complexity index is 698. The lowest BCUT2D eigenvalue weighted by Gasteiger charge is -2.20. The van der Waals surface area contributed by atoms with Crippen molar-refractivity contribution in [3.8, 4) is 0 Å². The van der Waals surface area contributed by atoms with E-state index in [0.717, 1.165) is 16.0 Å². The Hall–Kier alpha value is -1.29. The summed E-state index contributed by atoms with van der Waals surface area (Å²) in [6.45, 7) is 0. The van der Waals surface area contributed by atoms with E-state index in [9.17, 15) is 4.79 Å². The van der Waals surface area contributed by atoms with E-state index in [1.165, 1.54) is 0 Å². The summed E-state index contributed by atoms with van der Waals surface area (Å²) < 4.78 is 5.83. The molecule has 2 aliphatic rings. The third kappa shape index (κ3) is 1.74. The van der Waals surface area contributed by atoms with Gasteiger partial charge >= 0.3 is 0 Å². The van der Waals surface area contributed by atoms with Gasteiger partial charge in [0.2, 0.25) is 0 Å². The second-order valence-corrected chi connectivity index (χ2v) is 6.51. The number of carbonyl (C=O) groups excluding carboxylic acids is 1. The highest BCUT2D eigenvalue weighted by Gasteiger charge is 2.64. The van der Waals surface area contributed by atoms with Crippen LogP contribution >= 0.6 is 23.4 Å². The number of halogens is 1. The number of ether oxygens (including phenoxy) is 1. The largest absolute Gasteiger partial charge is 0.351 e. The van der Waals surface area contributed by atoms with Gasteiger partial charge in [-0.15, -0.1) is 11.8 Å². The van der Waals surface area contributed by atoms with Gasteiger partial charge in [0, 0.05) is 21.2 Å². The normalized spacial score (nSPS) is 27.4. The van der Waals surface area contributed by atoms with Crippen LogP contribution in [0.15, 0.2) is 53.4 Å². The van der Waals surface area contributed by atoms with E-state index in [4.69, 9.17) is 16.3 Å². The molecule has 4 heteroatoms. The van der Waals surface area contributed by atoms with E-state index < -0.39 is 5.60 Å². The number of benzene rings is 2. The third-order valence-corrected chi connectivity index (χ3v) is 5.32. The van der Waals surface area contributed by atoms with Crippen LogP contribution in [0.1, 0.15) is 22.0 Å². The SMILES string of the molecule is O=C1c2ccccc2SCC12OC2c1ccc(Cl)cc1. The average Bonchev–Trinajstić information content (AvgIpc) is 3.20. The molecule has 0 aliphatic carbocycles. The summed E-state index contributed by atoms with van der Waals surface area (Å²) in [5.41, 5.74) is 1.12. The topological polar surface area (TPSA) is 29.6 Å². The van der Waals surface area contributed by atoms with Gasteiger partial charge in [-0.05, 0) is 23.8 Å². The lowest BCUT2D eigenvalue weighted by Crippen LogP contribution is -2.32. The minimum Gasteiger partial charge on any atom is -0.351 e. The monoisotopic (exact) mass is 302 g/mol. The predicted molar refractivity (Wildman–Crippen MR) is 79.5 cm³/mol. The van der Waals surface area contributed by atoms with Crippen molar-refractivity contribution in [2.45, 2.75) is 16.6 Å². The van der Waals surface area contributed by atoms with Crippen LogP contribution in [0.25, 0.3) is 0 Å². The standard InChI is InChI=1S/C16H11ClO2S/c17-11-7-5-10(6-8-11)15-16(19-15)9-20-13-4-2-1-3-12(13)14(16)18/h1-8,15H,9H2. The predicted octanol–water partition coefficient (Wildman–Crippen LogP) is 4.14. The van der Waals surface area contributed by atoms with Crippen molar-refractivity contribution in [2.75, 3.05) is 5.75 Å². The highest BCUT2D eigenvalue weighted by Crippen LogP contribution is 2.56. The molecule has 1 spiro atoms. The zero-order valence-electron chi connectivity index (χ0n) is 10.5. The molecule has 0 amide bonds. The number of thioether (sulfide) groups is 1. The zero-order valence-corrected chi connectivity index (χ0v) is 12.1. The van der Waals surface area contributed by atoms with Crippen LogP contribution in [-0.4, -0.2) is 17.1 Å². The second kappa shape index (κ2) is 4.35. The highest BCUT2D eigenvalue weighted by atomic mass is 35.5. The van der Waals surface area contributed by atoms with E-state index in [2.05, 4.69) is 0 Å². The van der Waals surface area contributed by atoms with Crippen molar-refractivity contribution in [3.05, 3.63) is 64.7 Å². The van der Waals surface area contributed by atoms with Gasteiger partial charge in [-0.2, -0.15) is 0 Å². The lowest BCUT2D eigenvalue weighted by atomic mass is 9.92. The van der Waals surface area contributed by atoms with E-state index >= 15 is 0 Å². The van der Waals surface area contributed by atoms with Crippen LogP contribution in [0, 0.1) is 0 Å². The number of ketones is 1. The molecule has 2 aromatic carbocycles. The van der Waals surface area contributed by atoms with E-state index in [0.29, 0.717) is 10.8 Å². The number of hydrogen-bond acceptors (Lipinski definition) is 3. The fourth-order valence-corrected chi connectivity index (χ4v) is 4.03. The van der Waals surface area contributed by atoms with Gasteiger partial charge in [-0.1, -0.05) is 41.9 Å². The fraction of sp³-hybridized carbons (Fsp3) is 0.188. The molecule has 2 unspecified atom stereocenters. The third-order valence-electron chi connectivity index (χ3n) is 3.83. The molecule has 0 N–H and O–H groups in total. The molecule has 100 valence electrons. The molecular weight excluding hydrogens is 292 g/mol. The average molecular weight is 303 g/mol. The number of fused-ring (bicyclic) bond motifs is 1. The Morgan fingerprint density at radius 3 is 2.70 bits per heavy atom. The molecule has 2 heterocycles. The number of carbonyl (C=O) groups is 1. The molecule has 2 atom stereocenters. The molecule has 0 aromatic heterocycles. The summed E-state index contributed by atoms with van der Waals surface area (Å²) in [7, 11) is 0. The first kappa shape index (κ1) is 12.5. The molecule has 0 saturated carbocycles. The van der Waals surface area contributed by atoms with E-state index in [1.807, 2.05) is 48.5 Å². The Balaban J connectivity index is 1.69. The van der Waals surface area contributed by atoms with Gasteiger partial charge in [0.15, 0.2) is 11.4 Å². The fourth-order valence-electron chi connectivity index (χ4n) is 2.69. The number of epoxide rings is 1. The first-order chi connectivity index (χ1) is 9.71. The summed E-state index contributed by atoms with van der Waals surface area (Å²) in [5, 5.41) is 0.693. The minimum absolute atomic E-state index is 0.104. The molecule has 0 bridgehead atoms. The minimum atomic E-state index is -0.674. The molecule has 2 nitrogen and oxygen atoms in total. The van der Waals surface area contributed by atoms with Crippen LogP contribution in [0.2, 0.25) is 5.02 Å². The number of hydrogen-bond donors (Lipinski definition) is 0. The van der Waals surface area contributed by atoms with Gasteiger partial charge in [0.05, 0.1) is 0 Å². The van der Waals surface area contributed by atoms with Crippen LogP contribution in [-0.2, 0) is 4.74 Å². The molecule has 2 aliphatic heterocycles. The maximum absolute atomic E-state index is 12.7. The summed E-state index contributed by atoms with van der Waals surface area (Å²) >= 11 is 7.59. The van der Waals surface area contributed by atoms with E-state index in [-0.39, 0.29) is 11.9 Å². The molecule has 2 aromatic rings. The Morgan fingerprint density at radius 1 is 1.15 bits per heavy atom. The Labute approximate surface area is 126 Å². The van der Waals surface area contributed by atoms with Gasteiger partial charge in [0.25, 0.3) is 0 Å². The van der Waals surface area contributed by atoms with Crippen LogP contribution in [0.4, 0.5) is 0 Å². The smallest absolute Gasteiger partial charge is 0.199 e. The van der Waals surface area contributed by atoms with Crippen molar-refractivity contribution in [1.82, 2.24) is 0 Å². The van der Waals surface area contributed by atoms with Gasteiger partial charge in [0.1, 0.15) is 6.10 Å². The Morgan fingerprint density at radius 2 is 1.90 bits per heavy atom. The van der Waals surface area contributed by atoms with Crippen molar-refractivity contribution >= 4 is 29.1 Å². The Kier molecular flexibility index (Phi) is 2.71. The molecule has 1 fully saturated rings. The first-order valence-electron chi connectivity index (χ1n) is 6.41. The maximum Gasteiger partial charge on any atom is 0.199 e. The number of Topliss-reactive ketones (excluding diaryl/α,β-unsaturated/α-hetero) is 1. The molecule has 20 heavy (non-hydrogen) atoms. The van der Waals surface area contributed by atoms with Crippen LogP contribution in [0.3, 0.4) is 0 Å². The van der Waals surface area contributed by atoms with Crippen molar-refractivity contribution in [1.29, 1.82) is 0 Å². The van der Waals surface area contributed by atoms with Crippen molar-refractivity contribution in [3.63, 3.8) is 0 Å². The quantitative estimate of drug-likeness (QED) is 0.742. The summed E-state index contributed by atoms with van der Waals surface area (Å²) in [4.78, 5) is 13.7. The highest BCUT2D eigenvalue weighted by molar-refractivity contribution is 7.99. The van der Waals surface area contributed by atoms with Crippen LogP contribution < -0.4 is 0 Å². The maximum atomic E-state index is 12.7. The van der Waals surface area contributed by atoms with Crippen molar-refractivity contribution in [2.24, 2.45) is 0 Å². The summed E-state index contributed by atoms with van der Waals surface area (Å²) in [6, 6.07) is 15.3. The van der Waals surface area contributed by atoms with Crippen LogP contribution in [0.5, 0.6) is 0 Å². The molecule has 1 saturated heterocycles. The van der Waals surface area contributed by atoms with Gasteiger partial charge in [-0.3, -0.25) is 4.79 Å². The molecule has 4 rings (SSSR count). The van der Waals surface area contributed by atoms with Crippen molar-refractivity contribution < 1.29 is 9.53 Å². The summed E-state index contributed by atoms with van der Waals surface area (Å²) in [5.74, 6) is 0.780. The van der Waals surface area contributed by atoms with E-state index in [1.54, 1.807) is 11.8 Å². The summed E-state index contributed by atoms with van der Waals surface area (Å²) in [6.07, 6.45) is -0.145. The lowest BCUT2D eigenvalue weighted by molar-refractivity contribution is 0.0885. The van der Waals surface area contributed by atoms with Gasteiger partial charge in [-0.25, -0.2) is 0 Å². The molecule has 0 radical (unpaired) electrons. The zero-order chi connectivity index (χ0) is 13.7. The molecular formula is C16H11ClO2S. The second-order valence-electron chi connectivity index (χ2n) is 5.05. The first-order valence-corrected chi connectivity index (χ1v) is 7.77. The van der Waals surface area contributed by atoms with Gasteiger partial charge < -0.3 is 4.74 Å². The number of rotatable bonds is 1.